The van der Waals surface area contributed by atoms with Gasteiger partial charge in [0.05, 0.1) is 6.10 Å². The summed E-state index contributed by atoms with van der Waals surface area (Å²) in [4.78, 5) is 8.79. The molecule has 0 bridgehead atoms. The van der Waals surface area contributed by atoms with Crippen LogP contribution in [0.5, 0.6) is 0 Å². The highest BCUT2D eigenvalue weighted by Crippen LogP contribution is 2.33. The van der Waals surface area contributed by atoms with E-state index in [0.717, 1.165) is 36.9 Å². The van der Waals surface area contributed by atoms with Crippen molar-refractivity contribution in [1.82, 2.24) is 9.97 Å². The average Bonchev–Trinajstić information content (AvgIpc) is 2.53. The summed E-state index contributed by atoms with van der Waals surface area (Å²) in [6.45, 7) is 7.76. The van der Waals surface area contributed by atoms with Crippen LogP contribution in [-0.4, -0.2) is 23.1 Å². The van der Waals surface area contributed by atoms with Crippen molar-refractivity contribution >= 4 is 5.82 Å². The van der Waals surface area contributed by atoms with Crippen LogP contribution < -0.4 is 5.32 Å². The van der Waals surface area contributed by atoms with E-state index in [4.69, 9.17) is 4.74 Å². The molecular formula is C19H25N3O. The fourth-order valence-electron chi connectivity index (χ4n) is 3.22. The van der Waals surface area contributed by atoms with Crippen LogP contribution in [0.1, 0.15) is 41.6 Å². The average molecular weight is 311 g/mol. The summed E-state index contributed by atoms with van der Waals surface area (Å²) in [5.74, 6) is 2.17. The molecule has 3 rings (SSSR count). The minimum absolute atomic E-state index is 0.167. The van der Waals surface area contributed by atoms with Gasteiger partial charge < -0.3 is 10.1 Å². The molecule has 1 aliphatic rings. The Morgan fingerprint density at radius 3 is 2.65 bits per heavy atom. The number of aromatic nitrogens is 2. The maximum absolute atomic E-state index is 6.08. The van der Waals surface area contributed by atoms with Crippen LogP contribution in [0.15, 0.2) is 30.3 Å². The smallest absolute Gasteiger partial charge is 0.129 e. The Labute approximate surface area is 138 Å². The van der Waals surface area contributed by atoms with Gasteiger partial charge in [0.25, 0.3) is 0 Å². The van der Waals surface area contributed by atoms with Gasteiger partial charge in [-0.15, -0.1) is 0 Å². The van der Waals surface area contributed by atoms with E-state index in [0.29, 0.717) is 5.92 Å². The van der Waals surface area contributed by atoms with Crippen molar-refractivity contribution in [1.29, 1.82) is 0 Å². The summed E-state index contributed by atoms with van der Waals surface area (Å²) < 4.78 is 6.08. The molecule has 0 aliphatic carbocycles. The van der Waals surface area contributed by atoms with E-state index in [1.165, 1.54) is 17.5 Å². The minimum Gasteiger partial charge on any atom is -0.373 e. The molecule has 2 unspecified atom stereocenters. The molecule has 23 heavy (non-hydrogen) atoms. The van der Waals surface area contributed by atoms with Gasteiger partial charge in [-0.05, 0) is 39.2 Å². The molecule has 1 fully saturated rings. The van der Waals surface area contributed by atoms with E-state index >= 15 is 0 Å². The Bertz CT molecular complexity index is 634. The Morgan fingerprint density at radius 1 is 1.13 bits per heavy atom. The van der Waals surface area contributed by atoms with Gasteiger partial charge >= 0.3 is 0 Å². The fraction of sp³-hybridized carbons (Fsp3) is 0.474. The third-order valence-corrected chi connectivity index (χ3v) is 4.36. The quantitative estimate of drug-likeness (QED) is 0.927. The van der Waals surface area contributed by atoms with Crippen LogP contribution in [0.4, 0.5) is 5.82 Å². The van der Waals surface area contributed by atoms with Crippen LogP contribution in [0.25, 0.3) is 0 Å². The van der Waals surface area contributed by atoms with Crippen LogP contribution in [-0.2, 0) is 4.74 Å². The lowest BCUT2D eigenvalue weighted by Gasteiger charge is -2.32. The molecule has 0 radical (unpaired) electrons. The molecule has 4 heteroatoms. The van der Waals surface area contributed by atoms with Crippen molar-refractivity contribution in [2.45, 2.75) is 39.7 Å². The first-order chi connectivity index (χ1) is 11.1. The molecule has 1 aromatic carbocycles. The second-order valence-electron chi connectivity index (χ2n) is 6.43. The molecule has 2 aromatic rings. The molecular weight excluding hydrogens is 286 g/mol. The van der Waals surface area contributed by atoms with E-state index in [1.54, 1.807) is 0 Å². The largest absolute Gasteiger partial charge is 0.373 e. The highest BCUT2D eigenvalue weighted by Gasteiger charge is 2.27. The number of benzene rings is 1. The molecule has 0 saturated carbocycles. The Balaban J connectivity index is 1.70. The lowest BCUT2D eigenvalue weighted by Crippen LogP contribution is -2.28. The zero-order chi connectivity index (χ0) is 16.2. The molecule has 1 saturated heterocycles. The highest BCUT2D eigenvalue weighted by molar-refractivity contribution is 5.36. The van der Waals surface area contributed by atoms with Crippen LogP contribution in [0, 0.1) is 26.7 Å². The summed E-state index contributed by atoms with van der Waals surface area (Å²) in [5, 5.41) is 3.48. The van der Waals surface area contributed by atoms with Gasteiger partial charge in [-0.25, -0.2) is 9.97 Å². The number of nitrogens with one attached hydrogen (secondary N) is 1. The Morgan fingerprint density at radius 2 is 1.91 bits per heavy atom. The summed E-state index contributed by atoms with van der Waals surface area (Å²) in [6, 6.07) is 10.7. The number of hydrogen-bond acceptors (Lipinski definition) is 4. The molecule has 2 heterocycles. The number of anilines is 1. The second kappa shape index (κ2) is 7.09. The van der Waals surface area contributed by atoms with E-state index < -0.39 is 0 Å². The van der Waals surface area contributed by atoms with Crippen molar-refractivity contribution < 1.29 is 4.74 Å². The number of aryl methyl sites for hydroxylation is 3. The normalized spacial score (nSPS) is 21.2. The van der Waals surface area contributed by atoms with Gasteiger partial charge in [-0.3, -0.25) is 0 Å². The van der Waals surface area contributed by atoms with Gasteiger partial charge in [0.15, 0.2) is 0 Å². The van der Waals surface area contributed by atoms with Crippen LogP contribution >= 0.6 is 0 Å². The standard InChI is InChI=1S/C19H25N3O/c1-13-6-8-16(9-7-13)19-17(5-4-10-23-19)12-20-18-11-14(2)21-15(3)22-18/h6-9,11,17,19H,4-5,10,12H2,1-3H3,(H,20,21,22). The van der Waals surface area contributed by atoms with Crippen molar-refractivity contribution in [3.8, 4) is 0 Å². The molecule has 0 amide bonds. The van der Waals surface area contributed by atoms with E-state index in [9.17, 15) is 0 Å². The van der Waals surface area contributed by atoms with Gasteiger partial charge in [0, 0.05) is 30.8 Å². The first-order valence-electron chi connectivity index (χ1n) is 8.36. The maximum Gasteiger partial charge on any atom is 0.129 e. The third kappa shape index (κ3) is 4.08. The third-order valence-electron chi connectivity index (χ3n) is 4.36. The topological polar surface area (TPSA) is 47.0 Å². The molecule has 1 N–H and O–H groups in total. The van der Waals surface area contributed by atoms with E-state index in [2.05, 4.69) is 46.5 Å². The summed E-state index contributed by atoms with van der Waals surface area (Å²) >= 11 is 0. The second-order valence-corrected chi connectivity index (χ2v) is 6.43. The van der Waals surface area contributed by atoms with Gasteiger partial charge in [0.1, 0.15) is 11.6 Å². The van der Waals surface area contributed by atoms with Crippen molar-refractivity contribution in [3.63, 3.8) is 0 Å². The molecule has 2 atom stereocenters. The van der Waals surface area contributed by atoms with E-state index in [1.807, 2.05) is 19.9 Å². The lowest BCUT2D eigenvalue weighted by molar-refractivity contribution is -0.0238. The van der Waals surface area contributed by atoms with Crippen molar-refractivity contribution in [3.05, 3.63) is 53.0 Å². The SMILES string of the molecule is Cc1ccc(C2OCCCC2CNc2cc(C)nc(C)n2)cc1. The monoisotopic (exact) mass is 311 g/mol. The van der Waals surface area contributed by atoms with Gasteiger partial charge in [0.2, 0.25) is 0 Å². The first-order valence-corrected chi connectivity index (χ1v) is 8.36. The minimum atomic E-state index is 0.167. The lowest BCUT2D eigenvalue weighted by atomic mass is 9.89. The number of ether oxygens (including phenoxy) is 1. The number of hydrogen-bond donors (Lipinski definition) is 1. The van der Waals surface area contributed by atoms with Crippen LogP contribution in [0.2, 0.25) is 0 Å². The molecule has 1 aliphatic heterocycles. The summed E-state index contributed by atoms with van der Waals surface area (Å²) in [7, 11) is 0. The molecule has 122 valence electrons. The van der Waals surface area contributed by atoms with Crippen LogP contribution in [0.3, 0.4) is 0 Å². The highest BCUT2D eigenvalue weighted by atomic mass is 16.5. The van der Waals surface area contributed by atoms with E-state index in [-0.39, 0.29) is 6.10 Å². The molecule has 0 spiro atoms. The predicted molar refractivity (Wildman–Crippen MR) is 92.6 cm³/mol. The number of nitrogens with zero attached hydrogens (tertiary/aromatic N) is 2. The number of rotatable bonds is 4. The summed E-state index contributed by atoms with van der Waals surface area (Å²) in [5.41, 5.74) is 3.55. The Hall–Kier alpha value is -1.94. The molecule has 1 aromatic heterocycles. The maximum atomic E-state index is 6.08. The predicted octanol–water partition coefficient (Wildman–Crippen LogP) is 3.98. The van der Waals surface area contributed by atoms with Gasteiger partial charge in [-0.2, -0.15) is 0 Å². The zero-order valence-electron chi connectivity index (χ0n) is 14.2. The van der Waals surface area contributed by atoms with Crippen molar-refractivity contribution in [2.75, 3.05) is 18.5 Å². The summed E-state index contributed by atoms with van der Waals surface area (Å²) in [6.07, 6.45) is 2.46. The van der Waals surface area contributed by atoms with Gasteiger partial charge in [-0.1, -0.05) is 29.8 Å². The first kappa shape index (κ1) is 15.9. The fourth-order valence-corrected chi connectivity index (χ4v) is 3.22. The molecule has 4 nitrogen and oxygen atoms in total. The zero-order valence-corrected chi connectivity index (χ0v) is 14.2. The van der Waals surface area contributed by atoms with Crippen molar-refractivity contribution in [2.24, 2.45) is 5.92 Å². The Kier molecular flexibility index (Phi) is 4.91.